The van der Waals surface area contributed by atoms with E-state index in [2.05, 4.69) is 28.1 Å². The van der Waals surface area contributed by atoms with E-state index in [0.29, 0.717) is 12.2 Å². The van der Waals surface area contributed by atoms with E-state index in [1.807, 2.05) is 24.3 Å². The number of rotatable bonds is 6. The number of esters is 1. The van der Waals surface area contributed by atoms with E-state index in [1.165, 1.54) is 12.0 Å². The Morgan fingerprint density at radius 1 is 1.04 bits per heavy atom. The molecule has 2 aromatic carbocycles. The number of benzene rings is 2. The first-order valence-corrected chi connectivity index (χ1v) is 9.69. The van der Waals surface area contributed by atoms with Gasteiger partial charge in [-0.15, -0.1) is 0 Å². The normalized spacial score (nSPS) is 14.9. The van der Waals surface area contributed by atoms with Crippen molar-refractivity contribution < 1.29 is 14.3 Å². The molecule has 0 radical (unpaired) electrons. The van der Waals surface area contributed by atoms with Crippen LogP contribution in [0.1, 0.15) is 48.0 Å². The summed E-state index contributed by atoms with van der Waals surface area (Å²) in [5, 5.41) is 0. The number of hydrogen-bond donors (Lipinski definition) is 0. The van der Waals surface area contributed by atoms with Crippen LogP contribution < -0.4 is 4.74 Å². The largest absolute Gasteiger partial charge is 0.492 e. The summed E-state index contributed by atoms with van der Waals surface area (Å²) in [5.41, 5.74) is 1.80. The molecule has 0 unspecified atom stereocenters. The lowest BCUT2D eigenvalue weighted by Crippen LogP contribution is -2.20. The van der Waals surface area contributed by atoms with Gasteiger partial charge in [-0.25, -0.2) is 4.79 Å². The average Bonchev–Trinajstić information content (AvgIpc) is 2.64. The number of carbonyl (C=O) groups excluding carboxylic acids is 1. The summed E-state index contributed by atoms with van der Waals surface area (Å²) < 4.78 is 12.2. The first kappa shape index (κ1) is 18.0. The lowest BCUT2D eigenvalue weighted by Gasteiger charge is -2.21. The molecule has 0 N–H and O–H groups in total. The molecule has 0 spiro atoms. The van der Waals surface area contributed by atoms with Gasteiger partial charge in [0.05, 0.1) is 16.6 Å². The minimum Gasteiger partial charge on any atom is -0.492 e. The van der Waals surface area contributed by atoms with Gasteiger partial charge in [0, 0.05) is 6.42 Å². The zero-order valence-electron chi connectivity index (χ0n) is 14.2. The number of ether oxygens (including phenoxy) is 2. The number of hydrogen-bond acceptors (Lipinski definition) is 3. The monoisotopic (exact) mass is 402 g/mol. The van der Waals surface area contributed by atoms with E-state index in [9.17, 15) is 4.79 Å². The standard InChI is InChI=1S/C21H23BrO3/c22-19-15-17(21(23)25-18-9-5-2-6-10-18)11-12-20(19)24-14-13-16-7-3-1-4-8-16/h1,3-4,7-8,11-12,15,18H,2,5-6,9-10,13-14H2. The molecule has 1 fully saturated rings. The van der Waals surface area contributed by atoms with Crippen LogP contribution in [0.5, 0.6) is 5.75 Å². The van der Waals surface area contributed by atoms with Crippen molar-refractivity contribution in [1.29, 1.82) is 0 Å². The summed E-state index contributed by atoms with van der Waals surface area (Å²) in [6.07, 6.45) is 6.42. The predicted octanol–water partition coefficient (Wildman–Crippen LogP) is 5.56. The summed E-state index contributed by atoms with van der Waals surface area (Å²) in [6, 6.07) is 15.6. The third-order valence-corrected chi connectivity index (χ3v) is 5.10. The van der Waals surface area contributed by atoms with E-state index in [1.54, 1.807) is 12.1 Å². The number of carbonyl (C=O) groups is 1. The minimum atomic E-state index is -0.247. The van der Waals surface area contributed by atoms with E-state index in [-0.39, 0.29) is 12.1 Å². The molecular formula is C21H23BrO3. The molecular weight excluding hydrogens is 380 g/mol. The van der Waals surface area contributed by atoms with E-state index in [0.717, 1.165) is 42.3 Å². The average molecular weight is 403 g/mol. The van der Waals surface area contributed by atoms with Crippen molar-refractivity contribution >= 4 is 21.9 Å². The molecule has 25 heavy (non-hydrogen) atoms. The van der Waals surface area contributed by atoms with Crippen LogP contribution in [0.4, 0.5) is 0 Å². The fraction of sp³-hybridized carbons (Fsp3) is 0.381. The lowest BCUT2D eigenvalue weighted by molar-refractivity contribution is 0.0211. The molecule has 132 valence electrons. The molecule has 0 bridgehead atoms. The second-order valence-electron chi connectivity index (χ2n) is 6.39. The highest BCUT2D eigenvalue weighted by molar-refractivity contribution is 9.10. The van der Waals surface area contributed by atoms with Gasteiger partial charge in [-0.3, -0.25) is 0 Å². The second-order valence-corrected chi connectivity index (χ2v) is 7.25. The van der Waals surface area contributed by atoms with E-state index >= 15 is 0 Å². The summed E-state index contributed by atoms with van der Waals surface area (Å²) >= 11 is 3.49. The Morgan fingerprint density at radius 3 is 2.52 bits per heavy atom. The third kappa shape index (κ3) is 5.33. The predicted molar refractivity (Wildman–Crippen MR) is 102 cm³/mol. The van der Waals surface area contributed by atoms with Gasteiger partial charge in [0.1, 0.15) is 11.9 Å². The van der Waals surface area contributed by atoms with Crippen LogP contribution in [-0.2, 0) is 11.2 Å². The van der Waals surface area contributed by atoms with Crippen LogP contribution in [0.2, 0.25) is 0 Å². The third-order valence-electron chi connectivity index (χ3n) is 4.48. The summed E-state index contributed by atoms with van der Waals surface area (Å²) in [7, 11) is 0. The second kappa shape index (κ2) is 9.04. The fourth-order valence-corrected chi connectivity index (χ4v) is 3.56. The molecule has 3 nitrogen and oxygen atoms in total. The van der Waals surface area contributed by atoms with Crippen molar-refractivity contribution in [3.05, 3.63) is 64.1 Å². The van der Waals surface area contributed by atoms with Crippen molar-refractivity contribution in [2.45, 2.75) is 44.6 Å². The Bertz CT molecular complexity index is 694. The van der Waals surface area contributed by atoms with Crippen molar-refractivity contribution in [2.24, 2.45) is 0 Å². The van der Waals surface area contributed by atoms with E-state index in [4.69, 9.17) is 9.47 Å². The highest BCUT2D eigenvalue weighted by Crippen LogP contribution is 2.27. The van der Waals surface area contributed by atoms with Gasteiger partial charge >= 0.3 is 5.97 Å². The van der Waals surface area contributed by atoms with Crippen molar-refractivity contribution in [3.63, 3.8) is 0 Å². The maximum atomic E-state index is 12.3. The van der Waals surface area contributed by atoms with Gasteiger partial charge < -0.3 is 9.47 Å². The molecule has 0 aliphatic heterocycles. The highest BCUT2D eigenvalue weighted by atomic mass is 79.9. The van der Waals surface area contributed by atoms with Gasteiger partial charge in [0.25, 0.3) is 0 Å². The topological polar surface area (TPSA) is 35.5 Å². The van der Waals surface area contributed by atoms with Gasteiger partial charge in [-0.05, 0) is 65.4 Å². The summed E-state index contributed by atoms with van der Waals surface area (Å²) in [4.78, 5) is 12.3. The van der Waals surface area contributed by atoms with E-state index < -0.39 is 0 Å². The molecule has 2 aromatic rings. The molecule has 1 aliphatic carbocycles. The Balaban J connectivity index is 1.53. The maximum Gasteiger partial charge on any atom is 0.338 e. The zero-order valence-corrected chi connectivity index (χ0v) is 15.8. The van der Waals surface area contributed by atoms with Crippen LogP contribution in [0, 0.1) is 0 Å². The molecule has 4 heteroatoms. The Hall–Kier alpha value is -1.81. The number of halogens is 1. The van der Waals surface area contributed by atoms with Crippen LogP contribution in [0.25, 0.3) is 0 Å². The Kier molecular flexibility index (Phi) is 6.51. The molecule has 0 amide bonds. The fourth-order valence-electron chi connectivity index (χ4n) is 3.07. The van der Waals surface area contributed by atoms with Crippen LogP contribution in [0.15, 0.2) is 53.0 Å². The van der Waals surface area contributed by atoms with Crippen LogP contribution in [0.3, 0.4) is 0 Å². The molecule has 0 heterocycles. The minimum absolute atomic E-state index is 0.0711. The summed E-state index contributed by atoms with van der Waals surface area (Å²) in [5.74, 6) is 0.494. The molecule has 0 saturated heterocycles. The molecule has 3 rings (SSSR count). The smallest absolute Gasteiger partial charge is 0.338 e. The first-order chi connectivity index (χ1) is 12.2. The molecule has 0 aromatic heterocycles. The van der Waals surface area contributed by atoms with Crippen molar-refractivity contribution in [1.82, 2.24) is 0 Å². The summed E-state index contributed by atoms with van der Waals surface area (Å²) in [6.45, 7) is 0.592. The van der Waals surface area contributed by atoms with Gasteiger partial charge in [-0.2, -0.15) is 0 Å². The zero-order chi connectivity index (χ0) is 17.5. The van der Waals surface area contributed by atoms with Gasteiger partial charge in [-0.1, -0.05) is 36.8 Å². The van der Waals surface area contributed by atoms with Crippen molar-refractivity contribution in [3.8, 4) is 5.75 Å². The molecule has 0 atom stereocenters. The SMILES string of the molecule is O=C(OC1CCCCC1)c1ccc(OCCc2ccccc2)c(Br)c1. The van der Waals surface area contributed by atoms with Crippen LogP contribution >= 0.6 is 15.9 Å². The van der Waals surface area contributed by atoms with Gasteiger partial charge in [0.15, 0.2) is 0 Å². The quantitative estimate of drug-likeness (QED) is 0.593. The van der Waals surface area contributed by atoms with Crippen LogP contribution in [-0.4, -0.2) is 18.7 Å². The maximum absolute atomic E-state index is 12.3. The van der Waals surface area contributed by atoms with Gasteiger partial charge in [0.2, 0.25) is 0 Å². The highest BCUT2D eigenvalue weighted by Gasteiger charge is 2.19. The Morgan fingerprint density at radius 2 is 1.80 bits per heavy atom. The lowest BCUT2D eigenvalue weighted by atomic mass is 9.98. The molecule has 1 saturated carbocycles. The first-order valence-electron chi connectivity index (χ1n) is 8.89. The Labute approximate surface area is 157 Å². The molecule has 1 aliphatic rings. The van der Waals surface area contributed by atoms with Crippen molar-refractivity contribution in [2.75, 3.05) is 6.61 Å².